The second-order valence-corrected chi connectivity index (χ2v) is 6.33. The van der Waals surface area contributed by atoms with Crippen LogP contribution in [0.1, 0.15) is 25.3 Å². The van der Waals surface area contributed by atoms with E-state index in [-0.39, 0.29) is 0 Å². The zero-order valence-electron chi connectivity index (χ0n) is 13.0. The van der Waals surface area contributed by atoms with Crippen molar-refractivity contribution in [2.75, 3.05) is 27.3 Å². The number of hydrogen-bond acceptors (Lipinski definition) is 5. The Balaban J connectivity index is 1.79. The fraction of sp³-hybridized carbons (Fsp3) is 0.562. The second kappa shape index (κ2) is 8.17. The number of benzene rings is 1. The minimum Gasteiger partial charge on any atom is -0.493 e. The van der Waals surface area contributed by atoms with E-state index in [0.29, 0.717) is 5.25 Å². The van der Waals surface area contributed by atoms with E-state index in [9.17, 15) is 0 Å². The molecule has 1 aromatic carbocycles. The average Bonchev–Trinajstić information content (AvgIpc) is 2.95. The smallest absolute Gasteiger partial charge is 0.160 e. The molecule has 0 bridgehead atoms. The molecule has 1 aliphatic heterocycles. The molecule has 4 nitrogen and oxygen atoms in total. The van der Waals surface area contributed by atoms with Crippen LogP contribution in [0.25, 0.3) is 0 Å². The van der Waals surface area contributed by atoms with Crippen molar-refractivity contribution in [1.29, 1.82) is 0 Å². The highest BCUT2D eigenvalue weighted by Gasteiger charge is 2.18. The number of methoxy groups -OCH3 is 2. The molecule has 116 valence electrons. The third-order valence-electron chi connectivity index (χ3n) is 3.47. The molecule has 1 atom stereocenters. The van der Waals surface area contributed by atoms with Gasteiger partial charge in [0, 0.05) is 11.8 Å². The molecule has 5 heteroatoms. The Morgan fingerprint density at radius 2 is 2.10 bits per heavy atom. The Bertz CT molecular complexity index is 491. The summed E-state index contributed by atoms with van der Waals surface area (Å²) in [6.07, 6.45) is 3.42. The first-order chi connectivity index (χ1) is 10.3. The van der Waals surface area contributed by atoms with E-state index in [1.807, 2.05) is 23.9 Å². The van der Waals surface area contributed by atoms with Crippen LogP contribution >= 0.6 is 11.8 Å². The van der Waals surface area contributed by atoms with Crippen molar-refractivity contribution in [3.05, 3.63) is 23.8 Å². The maximum absolute atomic E-state index is 5.32. The molecular weight excluding hydrogens is 284 g/mol. The number of ether oxygens (including phenoxy) is 2. The van der Waals surface area contributed by atoms with E-state index in [4.69, 9.17) is 9.47 Å². The van der Waals surface area contributed by atoms with Crippen LogP contribution in [0.4, 0.5) is 0 Å². The van der Waals surface area contributed by atoms with Crippen molar-refractivity contribution in [2.45, 2.75) is 31.4 Å². The topological polar surface area (TPSA) is 42.9 Å². The van der Waals surface area contributed by atoms with Crippen molar-refractivity contribution >= 4 is 16.9 Å². The molecule has 0 saturated heterocycles. The molecule has 0 radical (unpaired) electrons. The summed E-state index contributed by atoms with van der Waals surface area (Å²) in [5, 5.41) is 5.18. The van der Waals surface area contributed by atoms with Gasteiger partial charge in [-0.15, -0.1) is 0 Å². The first-order valence-electron chi connectivity index (χ1n) is 7.42. The first kappa shape index (κ1) is 16.0. The normalized spacial score (nSPS) is 17.5. The van der Waals surface area contributed by atoms with E-state index in [0.717, 1.165) is 36.2 Å². The predicted molar refractivity (Wildman–Crippen MR) is 89.8 cm³/mol. The molecule has 0 spiro atoms. The van der Waals surface area contributed by atoms with Gasteiger partial charge in [-0.05, 0) is 30.5 Å². The summed E-state index contributed by atoms with van der Waals surface area (Å²) in [4.78, 5) is 4.55. The summed E-state index contributed by atoms with van der Waals surface area (Å²) >= 11 is 1.88. The molecule has 0 amide bonds. The van der Waals surface area contributed by atoms with Crippen LogP contribution in [0.15, 0.2) is 23.2 Å². The monoisotopic (exact) mass is 308 g/mol. The highest BCUT2D eigenvalue weighted by molar-refractivity contribution is 8.14. The van der Waals surface area contributed by atoms with E-state index < -0.39 is 0 Å². The van der Waals surface area contributed by atoms with Crippen molar-refractivity contribution in [1.82, 2.24) is 5.32 Å². The van der Waals surface area contributed by atoms with Crippen LogP contribution in [0.5, 0.6) is 11.5 Å². The molecule has 1 N–H and O–H groups in total. The fourth-order valence-corrected chi connectivity index (χ4v) is 3.49. The summed E-state index contributed by atoms with van der Waals surface area (Å²) in [5.74, 6) is 1.55. The van der Waals surface area contributed by atoms with Gasteiger partial charge in [0.15, 0.2) is 16.7 Å². The molecule has 1 aromatic rings. The predicted octanol–water partition coefficient (Wildman–Crippen LogP) is 3.11. The van der Waals surface area contributed by atoms with Crippen LogP contribution < -0.4 is 14.8 Å². The van der Waals surface area contributed by atoms with Crippen molar-refractivity contribution in [2.24, 2.45) is 4.99 Å². The second-order valence-electron chi connectivity index (χ2n) is 5.04. The molecule has 1 heterocycles. The molecule has 21 heavy (non-hydrogen) atoms. The molecule has 0 fully saturated rings. The van der Waals surface area contributed by atoms with Gasteiger partial charge in [0.25, 0.3) is 0 Å². The summed E-state index contributed by atoms with van der Waals surface area (Å²) in [6.45, 7) is 4.07. The minimum atomic E-state index is 0.665. The summed E-state index contributed by atoms with van der Waals surface area (Å²) in [7, 11) is 3.32. The summed E-state index contributed by atoms with van der Waals surface area (Å²) in [5.41, 5.74) is 1.23. The highest BCUT2D eigenvalue weighted by atomic mass is 32.2. The Morgan fingerprint density at radius 3 is 2.81 bits per heavy atom. The SMILES string of the molecule is CCCC1CN=C(NCCc2ccc(OC)c(OC)c2)S1. The van der Waals surface area contributed by atoms with Gasteiger partial charge in [0.2, 0.25) is 0 Å². The van der Waals surface area contributed by atoms with Gasteiger partial charge in [-0.2, -0.15) is 0 Å². The zero-order valence-corrected chi connectivity index (χ0v) is 13.8. The van der Waals surface area contributed by atoms with Gasteiger partial charge in [-0.3, -0.25) is 4.99 Å². The average molecular weight is 308 g/mol. The van der Waals surface area contributed by atoms with Gasteiger partial charge >= 0.3 is 0 Å². The minimum absolute atomic E-state index is 0.665. The van der Waals surface area contributed by atoms with E-state index in [1.165, 1.54) is 18.4 Å². The van der Waals surface area contributed by atoms with E-state index in [1.54, 1.807) is 14.2 Å². The van der Waals surface area contributed by atoms with Gasteiger partial charge in [-0.1, -0.05) is 31.2 Å². The summed E-state index contributed by atoms with van der Waals surface area (Å²) < 4.78 is 10.6. The zero-order chi connectivity index (χ0) is 15.1. The molecular formula is C16H24N2O2S. The Labute approximate surface area is 131 Å². The lowest BCUT2D eigenvalue weighted by atomic mass is 10.1. The maximum Gasteiger partial charge on any atom is 0.160 e. The molecule has 0 aromatic heterocycles. The number of amidine groups is 1. The van der Waals surface area contributed by atoms with Gasteiger partial charge in [0.1, 0.15) is 0 Å². The molecule has 0 aliphatic carbocycles. The third kappa shape index (κ3) is 4.56. The number of hydrogen-bond donors (Lipinski definition) is 1. The van der Waals surface area contributed by atoms with Crippen LogP contribution in [-0.2, 0) is 6.42 Å². The number of thioether (sulfide) groups is 1. The quantitative estimate of drug-likeness (QED) is 0.840. The Kier molecular flexibility index (Phi) is 6.23. The van der Waals surface area contributed by atoms with Crippen LogP contribution in [-0.4, -0.2) is 37.7 Å². The van der Waals surface area contributed by atoms with Gasteiger partial charge in [0.05, 0.1) is 20.8 Å². The molecule has 1 aliphatic rings. The Morgan fingerprint density at radius 1 is 1.29 bits per heavy atom. The van der Waals surface area contributed by atoms with E-state index >= 15 is 0 Å². The number of aliphatic imine (C=N–C) groups is 1. The van der Waals surface area contributed by atoms with Gasteiger partial charge < -0.3 is 14.8 Å². The molecule has 1 unspecified atom stereocenters. The number of rotatable bonds is 7. The Hall–Kier alpha value is -1.36. The van der Waals surface area contributed by atoms with Crippen molar-refractivity contribution in [3.8, 4) is 11.5 Å². The lowest BCUT2D eigenvalue weighted by Gasteiger charge is -2.10. The number of nitrogens with zero attached hydrogens (tertiary/aromatic N) is 1. The number of nitrogens with one attached hydrogen (secondary N) is 1. The third-order valence-corrected chi connectivity index (χ3v) is 4.68. The maximum atomic E-state index is 5.32. The standard InChI is InChI=1S/C16H24N2O2S/c1-4-5-13-11-18-16(21-13)17-9-8-12-6-7-14(19-2)15(10-12)20-3/h6-7,10,13H,4-5,8-9,11H2,1-3H3,(H,17,18). The summed E-state index contributed by atoms with van der Waals surface area (Å²) in [6, 6.07) is 6.06. The van der Waals surface area contributed by atoms with Crippen molar-refractivity contribution in [3.63, 3.8) is 0 Å². The largest absolute Gasteiger partial charge is 0.493 e. The fourth-order valence-electron chi connectivity index (χ4n) is 2.34. The molecule has 0 saturated carbocycles. The van der Waals surface area contributed by atoms with Crippen LogP contribution in [0, 0.1) is 0 Å². The molecule has 2 rings (SSSR count). The lowest BCUT2D eigenvalue weighted by Crippen LogP contribution is -2.22. The van der Waals surface area contributed by atoms with Gasteiger partial charge in [-0.25, -0.2) is 0 Å². The van der Waals surface area contributed by atoms with E-state index in [2.05, 4.69) is 23.3 Å². The lowest BCUT2D eigenvalue weighted by molar-refractivity contribution is 0.354. The van der Waals surface area contributed by atoms with Crippen molar-refractivity contribution < 1.29 is 9.47 Å². The van der Waals surface area contributed by atoms with Crippen LogP contribution in [0.3, 0.4) is 0 Å². The first-order valence-corrected chi connectivity index (χ1v) is 8.30. The highest BCUT2D eigenvalue weighted by Crippen LogP contribution is 2.27. The van der Waals surface area contributed by atoms with Crippen LogP contribution in [0.2, 0.25) is 0 Å².